The predicted octanol–water partition coefficient (Wildman–Crippen LogP) is 3.54. The standard InChI is InChI=1S/C18H25NO3S/c1-13(2)22-16-6-5-14(9-17(16)21-4)10-19-12-18(3,20)15-7-8-23-11-15/h5-9,11,13,19-20H,10,12H2,1-4H3. The lowest BCUT2D eigenvalue weighted by Gasteiger charge is -2.23. The van der Waals surface area contributed by atoms with Crippen LogP contribution in [0.25, 0.3) is 0 Å². The van der Waals surface area contributed by atoms with Crippen LogP contribution in [0.3, 0.4) is 0 Å². The minimum Gasteiger partial charge on any atom is -0.493 e. The topological polar surface area (TPSA) is 50.7 Å². The van der Waals surface area contributed by atoms with Gasteiger partial charge >= 0.3 is 0 Å². The van der Waals surface area contributed by atoms with Crippen LogP contribution in [0.1, 0.15) is 31.9 Å². The molecule has 0 saturated heterocycles. The quantitative estimate of drug-likeness (QED) is 0.775. The van der Waals surface area contributed by atoms with Gasteiger partial charge in [0.25, 0.3) is 0 Å². The summed E-state index contributed by atoms with van der Waals surface area (Å²) in [6, 6.07) is 7.84. The molecule has 0 aliphatic carbocycles. The summed E-state index contributed by atoms with van der Waals surface area (Å²) in [6.07, 6.45) is 0.105. The van der Waals surface area contributed by atoms with Crippen LogP contribution in [0.15, 0.2) is 35.0 Å². The molecule has 0 fully saturated rings. The van der Waals surface area contributed by atoms with Crippen molar-refractivity contribution in [2.24, 2.45) is 0 Å². The minimum atomic E-state index is -0.870. The van der Waals surface area contributed by atoms with E-state index < -0.39 is 5.60 Å². The van der Waals surface area contributed by atoms with Crippen LogP contribution in [0.2, 0.25) is 0 Å². The molecule has 1 unspecified atom stereocenters. The maximum Gasteiger partial charge on any atom is 0.161 e. The maximum atomic E-state index is 10.5. The number of nitrogens with one attached hydrogen (secondary N) is 1. The molecule has 0 aliphatic rings. The van der Waals surface area contributed by atoms with Gasteiger partial charge in [0.05, 0.1) is 18.8 Å². The summed E-state index contributed by atoms with van der Waals surface area (Å²) < 4.78 is 11.1. The summed E-state index contributed by atoms with van der Waals surface area (Å²) in [4.78, 5) is 0. The lowest BCUT2D eigenvalue weighted by molar-refractivity contribution is 0.0571. The molecule has 0 saturated carbocycles. The third kappa shape index (κ3) is 4.96. The number of thiophene rings is 1. The molecule has 2 aromatic rings. The molecule has 2 N–H and O–H groups in total. The van der Waals surface area contributed by atoms with Crippen molar-refractivity contribution in [3.05, 3.63) is 46.2 Å². The van der Waals surface area contributed by atoms with E-state index in [4.69, 9.17) is 9.47 Å². The second-order valence-electron chi connectivity index (χ2n) is 6.04. The summed E-state index contributed by atoms with van der Waals surface area (Å²) in [7, 11) is 1.64. The van der Waals surface area contributed by atoms with E-state index in [1.165, 1.54) is 0 Å². The number of methoxy groups -OCH3 is 1. The van der Waals surface area contributed by atoms with Crippen molar-refractivity contribution in [2.75, 3.05) is 13.7 Å². The highest BCUT2D eigenvalue weighted by atomic mass is 32.1. The van der Waals surface area contributed by atoms with Gasteiger partial charge in [-0.25, -0.2) is 0 Å². The van der Waals surface area contributed by atoms with E-state index in [0.717, 1.165) is 22.6 Å². The van der Waals surface area contributed by atoms with E-state index in [9.17, 15) is 5.11 Å². The van der Waals surface area contributed by atoms with Crippen molar-refractivity contribution in [1.29, 1.82) is 0 Å². The fourth-order valence-corrected chi connectivity index (χ4v) is 3.08. The first-order valence-electron chi connectivity index (χ1n) is 7.71. The first-order chi connectivity index (χ1) is 10.9. The van der Waals surface area contributed by atoms with Gasteiger partial charge in [0.15, 0.2) is 11.5 Å². The molecule has 0 spiro atoms. The smallest absolute Gasteiger partial charge is 0.161 e. The van der Waals surface area contributed by atoms with Crippen molar-refractivity contribution in [1.82, 2.24) is 5.32 Å². The summed E-state index contributed by atoms with van der Waals surface area (Å²) >= 11 is 1.59. The van der Waals surface area contributed by atoms with Gasteiger partial charge in [-0.3, -0.25) is 0 Å². The highest BCUT2D eigenvalue weighted by Crippen LogP contribution is 2.29. The van der Waals surface area contributed by atoms with Crippen molar-refractivity contribution in [2.45, 2.75) is 39.0 Å². The van der Waals surface area contributed by atoms with Crippen LogP contribution in [0.4, 0.5) is 0 Å². The Morgan fingerprint density at radius 2 is 2.04 bits per heavy atom. The van der Waals surface area contributed by atoms with Gasteiger partial charge in [-0.15, -0.1) is 0 Å². The molecule has 5 heteroatoms. The van der Waals surface area contributed by atoms with Crippen LogP contribution < -0.4 is 14.8 Å². The molecular weight excluding hydrogens is 310 g/mol. The molecule has 0 aliphatic heterocycles. The van der Waals surface area contributed by atoms with Crippen LogP contribution in [0, 0.1) is 0 Å². The molecule has 126 valence electrons. The summed E-state index contributed by atoms with van der Waals surface area (Å²) in [5.41, 5.74) is 1.15. The van der Waals surface area contributed by atoms with E-state index in [1.807, 2.05) is 55.8 Å². The van der Waals surface area contributed by atoms with Crippen molar-refractivity contribution in [3.63, 3.8) is 0 Å². The van der Waals surface area contributed by atoms with Gasteiger partial charge in [0.1, 0.15) is 0 Å². The average molecular weight is 335 g/mol. The second kappa shape index (κ2) is 7.81. The molecule has 1 aromatic heterocycles. The molecule has 1 atom stereocenters. The maximum absolute atomic E-state index is 10.5. The van der Waals surface area contributed by atoms with Gasteiger partial charge < -0.3 is 19.9 Å². The molecule has 0 radical (unpaired) electrons. The normalized spacial score (nSPS) is 13.8. The zero-order valence-corrected chi connectivity index (χ0v) is 14.9. The molecule has 23 heavy (non-hydrogen) atoms. The minimum absolute atomic E-state index is 0.105. The van der Waals surface area contributed by atoms with Crippen LogP contribution >= 0.6 is 11.3 Å². The van der Waals surface area contributed by atoms with Gasteiger partial charge in [-0.2, -0.15) is 11.3 Å². The molecule has 2 rings (SSSR count). The Kier molecular flexibility index (Phi) is 6.04. The molecule has 1 heterocycles. The van der Waals surface area contributed by atoms with Gasteiger partial charge in [0, 0.05) is 13.1 Å². The van der Waals surface area contributed by atoms with E-state index in [2.05, 4.69) is 5.32 Å². The number of ether oxygens (including phenoxy) is 2. The lowest BCUT2D eigenvalue weighted by Crippen LogP contribution is -2.34. The Bertz CT molecular complexity index is 609. The second-order valence-corrected chi connectivity index (χ2v) is 6.82. The number of hydrogen-bond donors (Lipinski definition) is 2. The van der Waals surface area contributed by atoms with Gasteiger partial charge in [-0.05, 0) is 60.9 Å². The Morgan fingerprint density at radius 3 is 2.65 bits per heavy atom. The number of aliphatic hydroxyl groups is 1. The number of benzene rings is 1. The zero-order valence-electron chi connectivity index (χ0n) is 14.1. The molecule has 0 bridgehead atoms. The van der Waals surface area contributed by atoms with E-state index in [0.29, 0.717) is 13.1 Å². The van der Waals surface area contributed by atoms with Gasteiger partial charge in [-0.1, -0.05) is 6.07 Å². The molecule has 0 amide bonds. The van der Waals surface area contributed by atoms with E-state index >= 15 is 0 Å². The highest BCUT2D eigenvalue weighted by Gasteiger charge is 2.22. The Balaban J connectivity index is 1.95. The summed E-state index contributed by atoms with van der Waals surface area (Å²) in [5, 5.41) is 17.7. The molecule has 1 aromatic carbocycles. The monoisotopic (exact) mass is 335 g/mol. The fraction of sp³-hybridized carbons (Fsp3) is 0.444. The Hall–Kier alpha value is -1.56. The Labute approximate surface area is 142 Å². The molecular formula is C18H25NO3S. The van der Waals surface area contributed by atoms with Crippen molar-refractivity contribution >= 4 is 11.3 Å². The third-order valence-corrected chi connectivity index (χ3v) is 4.22. The van der Waals surface area contributed by atoms with Crippen molar-refractivity contribution in [3.8, 4) is 11.5 Å². The largest absolute Gasteiger partial charge is 0.493 e. The first kappa shape index (κ1) is 17.8. The summed E-state index contributed by atoms with van der Waals surface area (Å²) in [5.74, 6) is 1.47. The molecule has 4 nitrogen and oxygen atoms in total. The zero-order chi connectivity index (χ0) is 16.9. The average Bonchev–Trinajstić information content (AvgIpc) is 3.03. The third-order valence-electron chi connectivity index (χ3n) is 3.53. The predicted molar refractivity (Wildman–Crippen MR) is 94.4 cm³/mol. The number of hydrogen-bond acceptors (Lipinski definition) is 5. The number of rotatable bonds is 8. The summed E-state index contributed by atoms with van der Waals surface area (Å²) in [6.45, 7) is 6.93. The SMILES string of the molecule is COc1cc(CNCC(C)(O)c2ccsc2)ccc1OC(C)C. The van der Waals surface area contributed by atoms with Crippen LogP contribution in [-0.4, -0.2) is 24.9 Å². The highest BCUT2D eigenvalue weighted by molar-refractivity contribution is 7.08. The lowest BCUT2D eigenvalue weighted by atomic mass is 9.99. The Morgan fingerprint density at radius 1 is 1.26 bits per heavy atom. The fourth-order valence-electron chi connectivity index (χ4n) is 2.30. The van der Waals surface area contributed by atoms with Gasteiger partial charge in [0.2, 0.25) is 0 Å². The van der Waals surface area contributed by atoms with Crippen LogP contribution in [0.5, 0.6) is 11.5 Å². The van der Waals surface area contributed by atoms with Crippen LogP contribution in [-0.2, 0) is 12.1 Å². The first-order valence-corrected chi connectivity index (χ1v) is 8.66. The van der Waals surface area contributed by atoms with E-state index in [1.54, 1.807) is 18.4 Å². The van der Waals surface area contributed by atoms with Crippen molar-refractivity contribution < 1.29 is 14.6 Å². The van der Waals surface area contributed by atoms with E-state index in [-0.39, 0.29) is 6.10 Å².